The number of rotatable bonds is 15. The van der Waals surface area contributed by atoms with E-state index < -0.39 is 8.77 Å². The first-order valence-corrected chi connectivity index (χ1v) is 11.1. The van der Waals surface area contributed by atoms with E-state index in [2.05, 4.69) is 18.1 Å². The maximum absolute atomic E-state index is 10.9. The van der Waals surface area contributed by atoms with Gasteiger partial charge in [0, 0.05) is 16.9 Å². The molecule has 0 heterocycles. The van der Waals surface area contributed by atoms with Gasteiger partial charge in [0.05, 0.1) is 0 Å². The third-order valence-electron chi connectivity index (χ3n) is 3.76. The summed E-state index contributed by atoms with van der Waals surface area (Å²) in [7, 11) is -2.91. The number of unbranched alkanes of at least 4 members (excludes halogenated alkanes) is 13. The van der Waals surface area contributed by atoms with Crippen molar-refractivity contribution in [2.24, 2.45) is 0 Å². The second-order valence-electron chi connectivity index (χ2n) is 5.88. The fourth-order valence-corrected chi connectivity index (χ4v) is 3.40. The van der Waals surface area contributed by atoms with Crippen LogP contribution in [0.25, 0.3) is 0 Å². The van der Waals surface area contributed by atoms with Gasteiger partial charge in [0.1, 0.15) is 8.77 Å². The summed E-state index contributed by atoms with van der Waals surface area (Å²) in [5.41, 5.74) is 0. The van der Waals surface area contributed by atoms with E-state index in [0.717, 1.165) is 12.8 Å². The SMILES string of the molecule is CCCCCCCCCCCCCCCCS(=O)(O)=S.[Ba+2]. The molecule has 0 aliphatic heterocycles. The van der Waals surface area contributed by atoms with E-state index in [1.165, 1.54) is 77.0 Å². The van der Waals surface area contributed by atoms with Gasteiger partial charge in [-0.05, 0) is 6.42 Å². The Morgan fingerprint density at radius 2 is 1.00 bits per heavy atom. The smallest absolute Gasteiger partial charge is 0.306 e. The van der Waals surface area contributed by atoms with E-state index in [0.29, 0.717) is 5.75 Å². The predicted octanol–water partition coefficient (Wildman–Crippen LogP) is 5.31. The van der Waals surface area contributed by atoms with Crippen LogP contribution in [0.4, 0.5) is 0 Å². The van der Waals surface area contributed by atoms with Gasteiger partial charge >= 0.3 is 48.9 Å². The summed E-state index contributed by atoms with van der Waals surface area (Å²) < 4.78 is 19.8. The summed E-state index contributed by atoms with van der Waals surface area (Å²) in [5.74, 6) is 0.292. The Kier molecular flexibility index (Phi) is 21.8. The number of hydrogen-bond donors (Lipinski definition) is 1. The van der Waals surface area contributed by atoms with Crippen LogP contribution in [0.2, 0.25) is 0 Å². The molecule has 0 aromatic heterocycles. The molecule has 0 fully saturated rings. The third kappa shape index (κ3) is 24.3. The monoisotopic (exact) mass is 460 g/mol. The van der Waals surface area contributed by atoms with Crippen molar-refractivity contribution in [3.63, 3.8) is 0 Å². The van der Waals surface area contributed by atoms with Crippen molar-refractivity contribution in [1.29, 1.82) is 0 Å². The zero-order valence-electron chi connectivity index (χ0n) is 14.0. The summed E-state index contributed by atoms with van der Waals surface area (Å²) >= 11 is 4.46. The summed E-state index contributed by atoms with van der Waals surface area (Å²) in [5, 5.41) is 0. The van der Waals surface area contributed by atoms with Gasteiger partial charge in [-0.3, -0.25) is 0 Å². The molecule has 122 valence electrons. The summed E-state index contributed by atoms with van der Waals surface area (Å²) in [6, 6.07) is 0. The Morgan fingerprint density at radius 1 is 0.714 bits per heavy atom. The van der Waals surface area contributed by atoms with Gasteiger partial charge in [0.15, 0.2) is 0 Å². The van der Waals surface area contributed by atoms with Crippen molar-refractivity contribution in [2.45, 2.75) is 96.8 Å². The average molecular weight is 460 g/mol. The molecule has 1 unspecified atom stereocenters. The van der Waals surface area contributed by atoms with Crippen LogP contribution in [0, 0.1) is 0 Å². The zero-order chi connectivity index (χ0) is 15.1. The first-order valence-electron chi connectivity index (χ1n) is 8.51. The van der Waals surface area contributed by atoms with Gasteiger partial charge in [-0.1, -0.05) is 90.4 Å². The molecular weight excluding hydrogens is 426 g/mol. The third-order valence-corrected chi connectivity index (χ3v) is 5.06. The molecule has 0 spiro atoms. The molecule has 0 saturated heterocycles. The van der Waals surface area contributed by atoms with E-state index in [-0.39, 0.29) is 48.9 Å². The van der Waals surface area contributed by atoms with Crippen LogP contribution < -0.4 is 0 Å². The number of hydrogen-bond acceptors (Lipinski definition) is 2. The zero-order valence-corrected chi connectivity index (χ0v) is 20.1. The maximum atomic E-state index is 10.9. The van der Waals surface area contributed by atoms with Gasteiger partial charge in [-0.2, -0.15) is 0 Å². The average Bonchev–Trinajstić information content (AvgIpc) is 2.38. The first-order chi connectivity index (χ1) is 9.56. The molecule has 0 rings (SSSR count). The van der Waals surface area contributed by atoms with Gasteiger partial charge in [-0.15, -0.1) is 0 Å². The van der Waals surface area contributed by atoms with Crippen LogP contribution in [0.3, 0.4) is 0 Å². The van der Waals surface area contributed by atoms with Crippen LogP contribution in [-0.4, -0.2) is 63.4 Å². The summed E-state index contributed by atoms with van der Waals surface area (Å²) in [6.45, 7) is 2.26. The quantitative estimate of drug-likeness (QED) is 0.266. The Labute approximate surface area is 178 Å². The van der Waals surface area contributed by atoms with Gasteiger partial charge < -0.3 is 4.55 Å². The second kappa shape index (κ2) is 18.2. The molecule has 0 bridgehead atoms. The molecule has 21 heavy (non-hydrogen) atoms. The summed E-state index contributed by atoms with van der Waals surface area (Å²) in [4.78, 5) is 0. The van der Waals surface area contributed by atoms with E-state index in [1.807, 2.05) is 0 Å². The fourth-order valence-electron chi connectivity index (χ4n) is 2.48. The minimum atomic E-state index is -2.91. The Hall–Kier alpha value is 1.90. The Balaban J connectivity index is 0. The van der Waals surface area contributed by atoms with Crippen LogP contribution in [0.5, 0.6) is 0 Å². The van der Waals surface area contributed by atoms with Crippen molar-refractivity contribution < 1.29 is 8.76 Å². The predicted molar refractivity (Wildman–Crippen MR) is 99.1 cm³/mol. The fraction of sp³-hybridized carbons (Fsp3) is 1.00. The summed E-state index contributed by atoms with van der Waals surface area (Å²) in [6.07, 6.45) is 18.1. The molecule has 0 aliphatic rings. The van der Waals surface area contributed by atoms with Gasteiger partial charge in [0.2, 0.25) is 0 Å². The van der Waals surface area contributed by atoms with Crippen molar-refractivity contribution in [1.82, 2.24) is 0 Å². The molecule has 1 atom stereocenters. The van der Waals surface area contributed by atoms with Crippen LogP contribution in [0.1, 0.15) is 96.8 Å². The Bertz CT molecular complexity index is 293. The normalized spacial score (nSPS) is 13.6. The second-order valence-corrected chi connectivity index (χ2v) is 9.02. The minimum Gasteiger partial charge on any atom is -0.306 e. The molecule has 0 amide bonds. The molecule has 0 saturated carbocycles. The van der Waals surface area contributed by atoms with E-state index in [9.17, 15) is 4.21 Å². The molecular formula is C16H34BaO2S2+2. The van der Waals surface area contributed by atoms with E-state index in [1.54, 1.807) is 0 Å². The van der Waals surface area contributed by atoms with Crippen LogP contribution in [-0.2, 0) is 20.0 Å². The van der Waals surface area contributed by atoms with Crippen molar-refractivity contribution in [3.05, 3.63) is 0 Å². The largest absolute Gasteiger partial charge is 2.00 e. The Morgan fingerprint density at radius 3 is 1.29 bits per heavy atom. The molecule has 0 aromatic rings. The van der Waals surface area contributed by atoms with Gasteiger partial charge in [0.25, 0.3) is 0 Å². The molecule has 5 heteroatoms. The van der Waals surface area contributed by atoms with Crippen molar-refractivity contribution >= 4 is 68.8 Å². The molecule has 0 aliphatic carbocycles. The van der Waals surface area contributed by atoms with Crippen molar-refractivity contribution in [2.75, 3.05) is 5.75 Å². The molecule has 0 aromatic carbocycles. The van der Waals surface area contributed by atoms with E-state index in [4.69, 9.17) is 4.55 Å². The van der Waals surface area contributed by atoms with Crippen molar-refractivity contribution in [3.8, 4) is 0 Å². The van der Waals surface area contributed by atoms with Crippen LogP contribution >= 0.6 is 0 Å². The molecule has 0 radical (unpaired) electrons. The molecule has 1 N–H and O–H groups in total. The topological polar surface area (TPSA) is 37.3 Å². The maximum Gasteiger partial charge on any atom is 2.00 e. The van der Waals surface area contributed by atoms with Crippen LogP contribution in [0.15, 0.2) is 0 Å². The minimum absolute atomic E-state index is 0. The molecule has 2 nitrogen and oxygen atoms in total. The van der Waals surface area contributed by atoms with E-state index >= 15 is 0 Å². The standard InChI is InChI=1S/C16H34O2S2.Ba/c1-2-3-4-5-6-7-8-9-10-11-12-13-14-15-16-20(17,18)19;/h2-16H2,1H3,(H,17,18,19);/q;+2. The first kappa shape index (κ1) is 25.1. The van der Waals surface area contributed by atoms with Gasteiger partial charge in [-0.25, -0.2) is 4.21 Å².